The lowest BCUT2D eigenvalue weighted by atomic mass is 9.59. The molecule has 1 fully saturated rings. The van der Waals surface area contributed by atoms with Crippen LogP contribution in [0.1, 0.15) is 36.8 Å². The van der Waals surface area contributed by atoms with Crippen molar-refractivity contribution >= 4 is 51.4 Å². The first-order valence-corrected chi connectivity index (χ1v) is 14.1. The van der Waals surface area contributed by atoms with Crippen LogP contribution in [0.25, 0.3) is 10.8 Å². The van der Waals surface area contributed by atoms with Crippen LogP contribution in [0.15, 0.2) is 89.0 Å². The van der Waals surface area contributed by atoms with E-state index in [9.17, 15) is 24.3 Å². The van der Waals surface area contributed by atoms with Crippen LogP contribution in [0, 0.1) is 24.7 Å². The van der Waals surface area contributed by atoms with Crippen LogP contribution in [-0.4, -0.2) is 28.5 Å². The number of amides is 2. The van der Waals surface area contributed by atoms with E-state index in [2.05, 4.69) is 0 Å². The van der Waals surface area contributed by atoms with Gasteiger partial charge < -0.3 is 5.11 Å². The maximum absolute atomic E-state index is 14.1. The molecule has 7 rings (SSSR count). The molecule has 1 heterocycles. The molecule has 7 heteroatoms. The monoisotopic (exact) mass is 563 g/mol. The molecule has 204 valence electrons. The summed E-state index contributed by atoms with van der Waals surface area (Å²) >= 11 is 6.35. The second-order valence-electron chi connectivity index (χ2n) is 11.4. The Morgan fingerprint density at radius 2 is 1.71 bits per heavy atom. The Morgan fingerprint density at radius 1 is 0.927 bits per heavy atom. The number of ketones is 2. The first kappa shape index (κ1) is 25.7. The van der Waals surface area contributed by atoms with Crippen molar-refractivity contribution in [1.29, 1.82) is 0 Å². The minimum Gasteiger partial charge on any atom is -0.507 e. The summed E-state index contributed by atoms with van der Waals surface area (Å²) in [5, 5.41) is 13.5. The number of allylic oxidation sites excluding steroid dienone is 6. The topological polar surface area (TPSA) is 91.8 Å². The molecule has 1 saturated heterocycles. The number of rotatable bonds is 2. The number of phenolic OH excluding ortho intramolecular Hbond substituents is 1. The number of halogens is 1. The predicted octanol–water partition coefficient (Wildman–Crippen LogP) is 6.14. The average Bonchev–Trinajstić information content (AvgIpc) is 3.22. The zero-order chi connectivity index (χ0) is 28.7. The fourth-order valence-electron chi connectivity index (χ4n) is 7.20. The SMILES string of the molecule is CC1=CC(=O)C2=C(C1=O)[C@@H](c1ccc3ccccc3c1O)C1=CC[C@@H]3C(=O)N(c4ccc(C)c(Cl)c4)C(=O)[C@@H]3[C@@H]1C2. The van der Waals surface area contributed by atoms with Gasteiger partial charge in [-0.25, -0.2) is 4.90 Å². The number of hydrogen-bond acceptors (Lipinski definition) is 5. The number of fused-ring (bicyclic) bond motifs is 4. The van der Waals surface area contributed by atoms with Gasteiger partial charge in [-0.05, 0) is 61.8 Å². The molecule has 3 aliphatic carbocycles. The van der Waals surface area contributed by atoms with E-state index in [1.54, 1.807) is 31.2 Å². The van der Waals surface area contributed by atoms with Crippen LogP contribution >= 0.6 is 11.6 Å². The predicted molar refractivity (Wildman–Crippen MR) is 156 cm³/mol. The van der Waals surface area contributed by atoms with Crippen molar-refractivity contribution in [1.82, 2.24) is 0 Å². The number of hydrogen-bond donors (Lipinski definition) is 1. The molecule has 1 N–H and O–H groups in total. The maximum atomic E-state index is 14.1. The highest BCUT2D eigenvalue weighted by atomic mass is 35.5. The lowest BCUT2D eigenvalue weighted by molar-refractivity contribution is -0.123. The highest BCUT2D eigenvalue weighted by molar-refractivity contribution is 6.32. The van der Waals surface area contributed by atoms with Gasteiger partial charge in [0, 0.05) is 38.6 Å². The quantitative estimate of drug-likeness (QED) is 0.230. The molecule has 4 atom stereocenters. The molecule has 3 aromatic carbocycles. The number of benzene rings is 3. The molecule has 0 spiro atoms. The highest BCUT2D eigenvalue weighted by Crippen LogP contribution is 2.57. The van der Waals surface area contributed by atoms with Crippen molar-refractivity contribution < 1.29 is 24.3 Å². The van der Waals surface area contributed by atoms with E-state index >= 15 is 0 Å². The van der Waals surface area contributed by atoms with Crippen molar-refractivity contribution in [3.63, 3.8) is 0 Å². The number of nitrogens with zero attached hydrogens (tertiary/aromatic N) is 1. The van der Waals surface area contributed by atoms with Gasteiger partial charge in [-0.2, -0.15) is 0 Å². The lowest BCUT2D eigenvalue weighted by Crippen LogP contribution is -2.39. The van der Waals surface area contributed by atoms with E-state index < -0.39 is 23.7 Å². The number of phenols is 1. The number of aromatic hydroxyl groups is 1. The Morgan fingerprint density at radius 3 is 2.49 bits per heavy atom. The number of Topliss-reactive ketones (excluding diaryl/α,β-unsaturated/α-hetero) is 1. The summed E-state index contributed by atoms with van der Waals surface area (Å²) in [7, 11) is 0. The molecule has 0 bridgehead atoms. The van der Waals surface area contributed by atoms with Gasteiger partial charge in [0.2, 0.25) is 11.8 Å². The Balaban J connectivity index is 1.39. The third kappa shape index (κ3) is 3.63. The Kier molecular flexibility index (Phi) is 5.70. The third-order valence-electron chi connectivity index (χ3n) is 9.22. The molecule has 41 heavy (non-hydrogen) atoms. The molecule has 0 saturated carbocycles. The van der Waals surface area contributed by atoms with Gasteiger partial charge in [0.1, 0.15) is 5.75 Å². The molecule has 0 unspecified atom stereocenters. The highest BCUT2D eigenvalue weighted by Gasteiger charge is 2.56. The van der Waals surface area contributed by atoms with E-state index in [4.69, 9.17) is 11.6 Å². The zero-order valence-electron chi connectivity index (χ0n) is 22.5. The molecule has 4 aliphatic rings. The Bertz CT molecular complexity index is 1850. The van der Waals surface area contributed by atoms with Gasteiger partial charge in [-0.3, -0.25) is 19.2 Å². The minimum absolute atomic E-state index is 0.0424. The zero-order valence-corrected chi connectivity index (χ0v) is 23.2. The maximum Gasteiger partial charge on any atom is 0.238 e. The van der Waals surface area contributed by atoms with Crippen LogP contribution in [-0.2, 0) is 19.2 Å². The molecule has 2 amide bonds. The first-order chi connectivity index (χ1) is 19.7. The van der Waals surface area contributed by atoms with Gasteiger partial charge in [-0.1, -0.05) is 65.7 Å². The minimum atomic E-state index is -0.708. The molecule has 6 nitrogen and oxygen atoms in total. The summed E-state index contributed by atoms with van der Waals surface area (Å²) in [6.07, 6.45) is 3.82. The van der Waals surface area contributed by atoms with Gasteiger partial charge in [-0.15, -0.1) is 0 Å². The van der Waals surface area contributed by atoms with Crippen molar-refractivity contribution in [3.05, 3.63) is 105 Å². The van der Waals surface area contributed by atoms with E-state index in [1.807, 2.05) is 43.3 Å². The number of aryl methyl sites for hydroxylation is 1. The van der Waals surface area contributed by atoms with E-state index in [0.717, 1.165) is 16.5 Å². The number of anilines is 1. The molecular weight excluding hydrogens is 538 g/mol. The second-order valence-corrected chi connectivity index (χ2v) is 11.8. The van der Waals surface area contributed by atoms with Crippen molar-refractivity contribution in [2.45, 2.75) is 32.6 Å². The molecule has 3 aromatic rings. The summed E-state index contributed by atoms with van der Waals surface area (Å²) in [5.74, 6) is -3.54. The van der Waals surface area contributed by atoms with E-state index in [1.165, 1.54) is 11.0 Å². The smallest absolute Gasteiger partial charge is 0.238 e. The summed E-state index contributed by atoms with van der Waals surface area (Å²) in [4.78, 5) is 56.0. The number of carbonyl (C=O) groups is 4. The van der Waals surface area contributed by atoms with E-state index in [0.29, 0.717) is 44.8 Å². The average molecular weight is 564 g/mol. The molecule has 1 aliphatic heterocycles. The van der Waals surface area contributed by atoms with Gasteiger partial charge >= 0.3 is 0 Å². The standard InChI is InChI=1S/C34H26ClNO5/c1-16-7-9-19(14-26(16)35)36-33(40)23-12-11-21-24(29(23)34(36)41)15-25-27(37)13-17(2)31(38)30(25)28(21)22-10-8-18-5-3-4-6-20(18)32(22)39/h3-11,13-14,23-24,28-29,39H,12,15H2,1-2H3/t23-,24+,28+,29-/m0/s1. The summed E-state index contributed by atoms with van der Waals surface area (Å²) in [6, 6.07) is 16.3. The van der Waals surface area contributed by atoms with Crippen molar-refractivity contribution in [3.8, 4) is 5.75 Å². The van der Waals surface area contributed by atoms with Crippen LogP contribution in [0.4, 0.5) is 5.69 Å². The summed E-state index contributed by atoms with van der Waals surface area (Å²) in [6.45, 7) is 3.48. The van der Waals surface area contributed by atoms with Crippen LogP contribution in [0.5, 0.6) is 5.75 Å². The molecule has 0 radical (unpaired) electrons. The summed E-state index contributed by atoms with van der Waals surface area (Å²) in [5.41, 5.74) is 3.65. The molecule has 0 aromatic heterocycles. The van der Waals surface area contributed by atoms with Crippen molar-refractivity contribution in [2.24, 2.45) is 17.8 Å². The number of carbonyl (C=O) groups excluding carboxylic acids is 4. The first-order valence-electron chi connectivity index (χ1n) is 13.7. The second kappa shape index (κ2) is 9.11. The van der Waals surface area contributed by atoms with Gasteiger partial charge in [0.05, 0.1) is 17.5 Å². The van der Waals surface area contributed by atoms with Gasteiger partial charge in [0.15, 0.2) is 11.6 Å². The normalized spacial score (nSPS) is 25.7. The lowest BCUT2D eigenvalue weighted by Gasteiger charge is -2.42. The fraction of sp³-hybridized carbons (Fsp3) is 0.235. The van der Waals surface area contributed by atoms with E-state index in [-0.39, 0.29) is 35.6 Å². The fourth-order valence-corrected chi connectivity index (χ4v) is 7.37. The third-order valence-corrected chi connectivity index (χ3v) is 9.63. The Hall–Kier alpha value is -4.29. The number of imide groups is 1. The van der Waals surface area contributed by atoms with Crippen molar-refractivity contribution in [2.75, 3.05) is 4.90 Å². The van der Waals surface area contributed by atoms with Crippen LogP contribution < -0.4 is 4.90 Å². The largest absolute Gasteiger partial charge is 0.507 e. The summed E-state index contributed by atoms with van der Waals surface area (Å²) < 4.78 is 0. The molecular formula is C34H26ClNO5. The Labute approximate surface area is 241 Å². The van der Waals surface area contributed by atoms with Crippen LogP contribution in [0.3, 0.4) is 0 Å². The van der Waals surface area contributed by atoms with Crippen LogP contribution in [0.2, 0.25) is 5.02 Å². The van der Waals surface area contributed by atoms with Gasteiger partial charge in [0.25, 0.3) is 0 Å².